The molecule has 1 amide bonds. The standard InChI is InChI=1S/C22H33N3O3/c1-28-21(26)16-20(22(27)23-19-10-6-3-7-11-19)25-14-12-24(13-15-25)17-18-8-4-2-5-9-18/h2,4-5,8-9,19-20H,3,6-7,10-17H2,1H3,(H,23,27). The zero-order valence-electron chi connectivity index (χ0n) is 16.9. The molecule has 0 aromatic heterocycles. The first-order valence-corrected chi connectivity index (χ1v) is 10.5. The van der Waals surface area contributed by atoms with Crippen LogP contribution < -0.4 is 5.32 Å². The minimum atomic E-state index is -0.437. The van der Waals surface area contributed by atoms with Gasteiger partial charge in [-0.1, -0.05) is 49.6 Å². The second-order valence-corrected chi connectivity index (χ2v) is 7.94. The molecular weight excluding hydrogens is 354 g/mol. The number of piperazine rings is 1. The number of carbonyl (C=O) groups excluding carboxylic acids is 2. The third-order valence-corrected chi connectivity index (χ3v) is 5.94. The highest BCUT2D eigenvalue weighted by atomic mass is 16.5. The summed E-state index contributed by atoms with van der Waals surface area (Å²) in [4.78, 5) is 29.4. The third kappa shape index (κ3) is 6.04. The fraction of sp³-hybridized carbons (Fsp3) is 0.636. The number of carbonyl (C=O) groups is 2. The predicted octanol–water partition coefficient (Wildman–Crippen LogP) is 2.18. The summed E-state index contributed by atoms with van der Waals surface area (Å²) in [6.07, 6.45) is 5.80. The maximum Gasteiger partial charge on any atom is 0.307 e. The quantitative estimate of drug-likeness (QED) is 0.727. The van der Waals surface area contributed by atoms with Crippen LogP contribution in [0.25, 0.3) is 0 Å². The van der Waals surface area contributed by atoms with Gasteiger partial charge in [0.15, 0.2) is 0 Å². The predicted molar refractivity (Wildman–Crippen MR) is 109 cm³/mol. The maximum atomic E-state index is 13.0. The minimum absolute atomic E-state index is 0.0196. The van der Waals surface area contributed by atoms with E-state index >= 15 is 0 Å². The number of methoxy groups -OCH3 is 1. The molecule has 154 valence electrons. The number of hydrogen-bond acceptors (Lipinski definition) is 5. The summed E-state index contributed by atoms with van der Waals surface area (Å²) < 4.78 is 4.86. The molecular formula is C22H33N3O3. The lowest BCUT2D eigenvalue weighted by atomic mass is 9.95. The van der Waals surface area contributed by atoms with Crippen molar-refractivity contribution in [2.45, 2.75) is 57.2 Å². The zero-order valence-corrected chi connectivity index (χ0v) is 16.9. The molecule has 1 N–H and O–H groups in total. The number of nitrogens with zero attached hydrogens (tertiary/aromatic N) is 2. The van der Waals surface area contributed by atoms with E-state index in [1.54, 1.807) is 0 Å². The second kappa shape index (κ2) is 10.6. The normalized spacial score (nSPS) is 20.5. The van der Waals surface area contributed by atoms with Crippen molar-refractivity contribution in [2.75, 3.05) is 33.3 Å². The number of benzene rings is 1. The summed E-state index contributed by atoms with van der Waals surface area (Å²) >= 11 is 0. The Morgan fingerprint density at radius 3 is 2.39 bits per heavy atom. The minimum Gasteiger partial charge on any atom is -0.469 e. The Morgan fingerprint density at radius 2 is 1.75 bits per heavy atom. The van der Waals surface area contributed by atoms with Crippen LogP contribution in [0.1, 0.15) is 44.1 Å². The van der Waals surface area contributed by atoms with E-state index in [1.807, 2.05) is 6.07 Å². The summed E-state index contributed by atoms with van der Waals surface area (Å²) in [6, 6.07) is 10.3. The van der Waals surface area contributed by atoms with Crippen molar-refractivity contribution in [3.63, 3.8) is 0 Å². The summed E-state index contributed by atoms with van der Waals surface area (Å²) in [6.45, 7) is 4.27. The average Bonchev–Trinajstić information content (AvgIpc) is 2.74. The Hall–Kier alpha value is -1.92. The monoisotopic (exact) mass is 387 g/mol. The smallest absolute Gasteiger partial charge is 0.307 e. The Bertz CT molecular complexity index is 623. The highest BCUT2D eigenvalue weighted by Crippen LogP contribution is 2.19. The lowest BCUT2D eigenvalue weighted by Gasteiger charge is -2.39. The fourth-order valence-corrected chi connectivity index (χ4v) is 4.25. The molecule has 0 spiro atoms. The molecule has 2 aliphatic rings. The van der Waals surface area contributed by atoms with E-state index in [2.05, 4.69) is 39.4 Å². The summed E-state index contributed by atoms with van der Waals surface area (Å²) in [5, 5.41) is 3.19. The van der Waals surface area contributed by atoms with Gasteiger partial charge in [0.2, 0.25) is 5.91 Å². The van der Waals surface area contributed by atoms with E-state index in [1.165, 1.54) is 31.9 Å². The first-order chi connectivity index (χ1) is 13.7. The number of amides is 1. The van der Waals surface area contributed by atoms with E-state index < -0.39 is 6.04 Å². The van der Waals surface area contributed by atoms with Crippen molar-refractivity contribution in [3.05, 3.63) is 35.9 Å². The van der Waals surface area contributed by atoms with Crippen molar-refractivity contribution in [1.82, 2.24) is 15.1 Å². The van der Waals surface area contributed by atoms with Gasteiger partial charge in [-0.2, -0.15) is 0 Å². The van der Waals surface area contributed by atoms with Crippen LogP contribution in [0.5, 0.6) is 0 Å². The maximum absolute atomic E-state index is 13.0. The van der Waals surface area contributed by atoms with Crippen LogP contribution >= 0.6 is 0 Å². The Labute approximate surface area is 168 Å². The Balaban J connectivity index is 1.56. The van der Waals surface area contributed by atoms with Crippen LogP contribution in [0.3, 0.4) is 0 Å². The molecule has 6 nitrogen and oxygen atoms in total. The van der Waals surface area contributed by atoms with Crippen molar-refractivity contribution in [1.29, 1.82) is 0 Å². The Morgan fingerprint density at radius 1 is 1.07 bits per heavy atom. The molecule has 1 aliphatic heterocycles. The molecule has 1 aromatic carbocycles. The van der Waals surface area contributed by atoms with E-state index in [4.69, 9.17) is 4.74 Å². The van der Waals surface area contributed by atoms with Crippen LogP contribution in [0.2, 0.25) is 0 Å². The molecule has 2 fully saturated rings. The topological polar surface area (TPSA) is 61.9 Å². The van der Waals surface area contributed by atoms with Gasteiger partial charge in [0.05, 0.1) is 19.6 Å². The molecule has 1 heterocycles. The van der Waals surface area contributed by atoms with Gasteiger partial charge in [-0.3, -0.25) is 19.4 Å². The van der Waals surface area contributed by atoms with Crippen LogP contribution in [-0.2, 0) is 20.9 Å². The van der Waals surface area contributed by atoms with Crippen molar-refractivity contribution >= 4 is 11.9 Å². The van der Waals surface area contributed by atoms with Gasteiger partial charge in [-0.25, -0.2) is 0 Å². The Kier molecular flexibility index (Phi) is 7.86. The third-order valence-electron chi connectivity index (χ3n) is 5.94. The molecule has 1 saturated carbocycles. The lowest BCUT2D eigenvalue weighted by molar-refractivity contribution is -0.145. The van der Waals surface area contributed by atoms with Crippen molar-refractivity contribution in [2.24, 2.45) is 0 Å². The fourth-order valence-electron chi connectivity index (χ4n) is 4.25. The molecule has 0 radical (unpaired) electrons. The van der Waals surface area contributed by atoms with Crippen LogP contribution in [0.15, 0.2) is 30.3 Å². The first-order valence-electron chi connectivity index (χ1n) is 10.5. The molecule has 1 aliphatic carbocycles. The van der Waals surface area contributed by atoms with E-state index in [0.717, 1.165) is 45.6 Å². The van der Waals surface area contributed by atoms with Gasteiger partial charge in [-0.05, 0) is 18.4 Å². The molecule has 1 saturated heterocycles. The van der Waals surface area contributed by atoms with E-state index in [-0.39, 0.29) is 24.3 Å². The molecule has 1 unspecified atom stereocenters. The second-order valence-electron chi connectivity index (χ2n) is 7.94. The van der Waals surface area contributed by atoms with Crippen LogP contribution in [0.4, 0.5) is 0 Å². The first kappa shape index (κ1) is 20.8. The number of hydrogen-bond donors (Lipinski definition) is 1. The molecule has 28 heavy (non-hydrogen) atoms. The summed E-state index contributed by atoms with van der Waals surface area (Å²) in [5.74, 6) is -0.343. The van der Waals surface area contributed by atoms with Crippen LogP contribution in [-0.4, -0.2) is 67.0 Å². The zero-order chi connectivity index (χ0) is 19.8. The highest BCUT2D eigenvalue weighted by Gasteiger charge is 2.32. The number of nitrogens with one attached hydrogen (secondary N) is 1. The molecule has 1 atom stereocenters. The van der Waals surface area contributed by atoms with E-state index in [9.17, 15) is 9.59 Å². The number of esters is 1. The number of ether oxygens (including phenoxy) is 1. The largest absolute Gasteiger partial charge is 0.469 e. The SMILES string of the molecule is COC(=O)CC(C(=O)NC1CCCCC1)N1CCN(Cc2ccccc2)CC1. The van der Waals surface area contributed by atoms with Gasteiger partial charge in [-0.15, -0.1) is 0 Å². The van der Waals surface area contributed by atoms with Gasteiger partial charge in [0.1, 0.15) is 0 Å². The van der Waals surface area contributed by atoms with Gasteiger partial charge in [0.25, 0.3) is 0 Å². The van der Waals surface area contributed by atoms with Gasteiger partial charge < -0.3 is 10.1 Å². The molecule has 3 rings (SSSR count). The average molecular weight is 388 g/mol. The lowest BCUT2D eigenvalue weighted by Crippen LogP contribution is -2.56. The molecule has 0 bridgehead atoms. The van der Waals surface area contributed by atoms with Crippen molar-refractivity contribution < 1.29 is 14.3 Å². The van der Waals surface area contributed by atoms with Gasteiger partial charge in [0, 0.05) is 38.8 Å². The molecule has 6 heteroatoms. The van der Waals surface area contributed by atoms with Gasteiger partial charge >= 0.3 is 5.97 Å². The van der Waals surface area contributed by atoms with Crippen molar-refractivity contribution in [3.8, 4) is 0 Å². The number of rotatable bonds is 7. The highest BCUT2D eigenvalue weighted by molar-refractivity contribution is 5.86. The summed E-state index contributed by atoms with van der Waals surface area (Å²) in [7, 11) is 1.39. The summed E-state index contributed by atoms with van der Waals surface area (Å²) in [5.41, 5.74) is 1.30. The van der Waals surface area contributed by atoms with Crippen LogP contribution in [0, 0.1) is 0 Å². The molecule has 1 aromatic rings. The van der Waals surface area contributed by atoms with E-state index in [0.29, 0.717) is 0 Å².